The third kappa shape index (κ3) is 2.58. The molecule has 0 bridgehead atoms. The molecule has 2 heteroatoms. The van der Waals surface area contributed by atoms with Gasteiger partial charge in [-0.1, -0.05) is 25.0 Å². The van der Waals surface area contributed by atoms with Crippen LogP contribution in [-0.4, -0.2) is 23.3 Å². The Morgan fingerprint density at radius 3 is 2.64 bits per heavy atom. The minimum atomic E-state index is -0.102. The molecule has 0 aromatic rings. The van der Waals surface area contributed by atoms with E-state index in [2.05, 4.69) is 17.5 Å². The first kappa shape index (κ1) is 10.2. The minimum absolute atomic E-state index is 0.102. The molecule has 2 aliphatic rings. The van der Waals surface area contributed by atoms with Crippen molar-refractivity contribution < 1.29 is 5.11 Å². The van der Waals surface area contributed by atoms with Crippen molar-refractivity contribution in [3.8, 4) is 0 Å². The van der Waals surface area contributed by atoms with E-state index < -0.39 is 0 Å². The summed E-state index contributed by atoms with van der Waals surface area (Å²) in [6.45, 7) is 0. The smallest absolute Gasteiger partial charge is 0.0693 e. The van der Waals surface area contributed by atoms with Crippen molar-refractivity contribution in [2.45, 2.75) is 63.1 Å². The predicted octanol–water partition coefficient (Wildman–Crippen LogP) is 1.99. The first-order valence-electron chi connectivity index (χ1n) is 5.95. The quantitative estimate of drug-likeness (QED) is 0.660. The van der Waals surface area contributed by atoms with Gasteiger partial charge in [-0.05, 0) is 32.1 Å². The first-order valence-corrected chi connectivity index (χ1v) is 5.95. The average molecular weight is 195 g/mol. The van der Waals surface area contributed by atoms with Gasteiger partial charge in [0.1, 0.15) is 0 Å². The van der Waals surface area contributed by atoms with E-state index >= 15 is 0 Å². The van der Waals surface area contributed by atoms with Crippen molar-refractivity contribution >= 4 is 0 Å². The van der Waals surface area contributed by atoms with Crippen LogP contribution in [0.4, 0.5) is 0 Å². The molecule has 0 spiro atoms. The van der Waals surface area contributed by atoms with Crippen molar-refractivity contribution in [1.29, 1.82) is 0 Å². The van der Waals surface area contributed by atoms with Crippen molar-refractivity contribution in [3.63, 3.8) is 0 Å². The van der Waals surface area contributed by atoms with Gasteiger partial charge in [-0.2, -0.15) is 0 Å². The second-order valence-corrected chi connectivity index (χ2v) is 4.61. The summed E-state index contributed by atoms with van der Waals surface area (Å²) < 4.78 is 0. The molecule has 1 fully saturated rings. The lowest BCUT2D eigenvalue weighted by Gasteiger charge is -2.32. The summed E-state index contributed by atoms with van der Waals surface area (Å²) in [7, 11) is 0. The van der Waals surface area contributed by atoms with Gasteiger partial charge in [0.05, 0.1) is 6.10 Å². The molecule has 1 saturated carbocycles. The molecule has 80 valence electrons. The van der Waals surface area contributed by atoms with Gasteiger partial charge in [-0.15, -0.1) is 0 Å². The lowest BCUT2D eigenvalue weighted by atomic mass is 9.90. The van der Waals surface area contributed by atoms with Crippen LogP contribution < -0.4 is 5.32 Å². The van der Waals surface area contributed by atoms with Crippen LogP contribution in [0.15, 0.2) is 12.2 Å². The highest BCUT2D eigenvalue weighted by Gasteiger charge is 2.25. The van der Waals surface area contributed by atoms with E-state index in [1.807, 2.05) is 0 Å². The van der Waals surface area contributed by atoms with E-state index in [1.54, 1.807) is 0 Å². The fourth-order valence-electron chi connectivity index (χ4n) is 2.55. The fraction of sp³-hybridized carbons (Fsp3) is 0.833. The summed E-state index contributed by atoms with van der Waals surface area (Å²) in [5, 5.41) is 13.4. The maximum Gasteiger partial charge on any atom is 0.0693 e. The second-order valence-electron chi connectivity index (χ2n) is 4.61. The summed E-state index contributed by atoms with van der Waals surface area (Å²) >= 11 is 0. The number of rotatable bonds is 2. The molecule has 1 unspecified atom stereocenters. The third-order valence-electron chi connectivity index (χ3n) is 3.45. The maximum atomic E-state index is 9.82. The zero-order chi connectivity index (χ0) is 9.80. The van der Waals surface area contributed by atoms with Crippen LogP contribution >= 0.6 is 0 Å². The van der Waals surface area contributed by atoms with E-state index in [0.717, 1.165) is 19.3 Å². The van der Waals surface area contributed by atoms with Crippen LogP contribution in [0.25, 0.3) is 0 Å². The lowest BCUT2D eigenvalue weighted by Crippen LogP contribution is -2.47. The topological polar surface area (TPSA) is 32.3 Å². The summed E-state index contributed by atoms with van der Waals surface area (Å²) in [5.74, 6) is 0. The molecule has 0 aliphatic heterocycles. The van der Waals surface area contributed by atoms with Gasteiger partial charge in [-0.25, -0.2) is 0 Å². The van der Waals surface area contributed by atoms with Crippen LogP contribution in [0.2, 0.25) is 0 Å². The molecule has 2 nitrogen and oxygen atoms in total. The Hall–Kier alpha value is -0.340. The SMILES string of the molecule is O[C@@H]1CCCC[C@H]1NC1CC=CCC1. The summed E-state index contributed by atoms with van der Waals surface area (Å²) in [6.07, 6.45) is 12.6. The van der Waals surface area contributed by atoms with Gasteiger partial charge in [0.2, 0.25) is 0 Å². The Kier molecular flexibility index (Phi) is 3.60. The molecule has 2 N–H and O–H groups in total. The molecule has 0 amide bonds. The second kappa shape index (κ2) is 4.94. The fourth-order valence-corrected chi connectivity index (χ4v) is 2.55. The normalized spacial score (nSPS) is 38.5. The highest BCUT2D eigenvalue weighted by atomic mass is 16.3. The number of aliphatic hydroxyl groups is 1. The zero-order valence-electron chi connectivity index (χ0n) is 8.78. The van der Waals surface area contributed by atoms with Gasteiger partial charge in [0.25, 0.3) is 0 Å². The number of allylic oxidation sites excluding steroid dienone is 1. The largest absolute Gasteiger partial charge is 0.392 e. The summed E-state index contributed by atoms with van der Waals surface area (Å²) in [5.41, 5.74) is 0. The number of nitrogens with one attached hydrogen (secondary N) is 1. The highest BCUT2D eigenvalue weighted by Crippen LogP contribution is 2.20. The molecule has 2 aliphatic carbocycles. The first-order chi connectivity index (χ1) is 6.86. The van der Waals surface area contributed by atoms with E-state index in [0.29, 0.717) is 12.1 Å². The van der Waals surface area contributed by atoms with E-state index in [4.69, 9.17) is 0 Å². The summed E-state index contributed by atoms with van der Waals surface area (Å²) in [4.78, 5) is 0. The number of hydrogen-bond donors (Lipinski definition) is 2. The Bertz CT molecular complexity index is 202. The molecule has 14 heavy (non-hydrogen) atoms. The predicted molar refractivity (Wildman–Crippen MR) is 58.2 cm³/mol. The van der Waals surface area contributed by atoms with E-state index in [1.165, 1.54) is 25.7 Å². The van der Waals surface area contributed by atoms with Crippen molar-refractivity contribution in [1.82, 2.24) is 5.32 Å². The van der Waals surface area contributed by atoms with Crippen LogP contribution in [0, 0.1) is 0 Å². The van der Waals surface area contributed by atoms with Gasteiger partial charge < -0.3 is 10.4 Å². The van der Waals surface area contributed by atoms with Crippen molar-refractivity contribution in [2.75, 3.05) is 0 Å². The van der Waals surface area contributed by atoms with E-state index in [-0.39, 0.29) is 6.10 Å². The zero-order valence-corrected chi connectivity index (χ0v) is 8.78. The monoisotopic (exact) mass is 195 g/mol. The molecule has 0 aromatic carbocycles. The molecule has 0 aromatic heterocycles. The summed E-state index contributed by atoms with van der Waals surface area (Å²) in [6, 6.07) is 0.970. The Balaban J connectivity index is 1.80. The molecule has 3 atom stereocenters. The molecular weight excluding hydrogens is 174 g/mol. The lowest BCUT2D eigenvalue weighted by molar-refractivity contribution is 0.0841. The Labute approximate surface area is 86.4 Å². The molecule has 0 saturated heterocycles. The Morgan fingerprint density at radius 2 is 1.93 bits per heavy atom. The van der Waals surface area contributed by atoms with E-state index in [9.17, 15) is 5.11 Å². The molecule has 0 heterocycles. The van der Waals surface area contributed by atoms with Crippen molar-refractivity contribution in [3.05, 3.63) is 12.2 Å². The molecule has 0 radical (unpaired) electrons. The van der Waals surface area contributed by atoms with Gasteiger partial charge >= 0.3 is 0 Å². The number of hydrogen-bond acceptors (Lipinski definition) is 2. The van der Waals surface area contributed by atoms with Crippen molar-refractivity contribution in [2.24, 2.45) is 0 Å². The number of aliphatic hydroxyl groups excluding tert-OH is 1. The standard InChI is InChI=1S/C12H21NO/c14-12-9-5-4-8-11(12)13-10-6-2-1-3-7-10/h1-2,10-14H,3-9H2/t10?,11-,12-/m1/s1. The van der Waals surface area contributed by atoms with Gasteiger partial charge in [0.15, 0.2) is 0 Å². The van der Waals surface area contributed by atoms with Gasteiger partial charge in [0, 0.05) is 12.1 Å². The van der Waals surface area contributed by atoms with Crippen LogP contribution in [-0.2, 0) is 0 Å². The average Bonchev–Trinajstić information content (AvgIpc) is 2.23. The maximum absolute atomic E-state index is 9.82. The third-order valence-corrected chi connectivity index (χ3v) is 3.45. The van der Waals surface area contributed by atoms with Gasteiger partial charge in [-0.3, -0.25) is 0 Å². The Morgan fingerprint density at radius 1 is 1.07 bits per heavy atom. The van der Waals surface area contributed by atoms with Crippen LogP contribution in [0.5, 0.6) is 0 Å². The highest BCUT2D eigenvalue weighted by molar-refractivity contribution is 4.95. The molecule has 2 rings (SSSR count). The minimum Gasteiger partial charge on any atom is -0.392 e. The van der Waals surface area contributed by atoms with Crippen LogP contribution in [0.1, 0.15) is 44.9 Å². The van der Waals surface area contributed by atoms with Crippen LogP contribution in [0.3, 0.4) is 0 Å². The molecular formula is C12H21NO.